The normalized spacial score (nSPS) is 26.7. The summed E-state index contributed by atoms with van der Waals surface area (Å²) in [6, 6.07) is 4.50. The van der Waals surface area contributed by atoms with Gasteiger partial charge in [-0.1, -0.05) is 18.6 Å². The number of carbonyl (C=O) groups excluding carboxylic acids is 1. The van der Waals surface area contributed by atoms with Gasteiger partial charge in [0.05, 0.1) is 17.8 Å². The van der Waals surface area contributed by atoms with Gasteiger partial charge in [0.15, 0.2) is 12.4 Å². The molecule has 0 bridgehead atoms. The monoisotopic (exact) mass is 340 g/mol. The van der Waals surface area contributed by atoms with Gasteiger partial charge in [0.2, 0.25) is 0 Å². The number of benzene rings is 1. The summed E-state index contributed by atoms with van der Waals surface area (Å²) >= 11 is 0. The minimum absolute atomic E-state index is 0.0261. The molecule has 3 nitrogen and oxygen atoms in total. The van der Waals surface area contributed by atoms with Crippen LogP contribution in [0.25, 0.3) is 0 Å². The summed E-state index contributed by atoms with van der Waals surface area (Å²) in [6.07, 6.45) is 3.38. The molecule has 1 aromatic carbocycles. The van der Waals surface area contributed by atoms with Crippen molar-refractivity contribution >= 4 is 5.78 Å². The molecular weight excluding hydrogens is 321 g/mol. The van der Waals surface area contributed by atoms with E-state index < -0.39 is 11.7 Å². The van der Waals surface area contributed by atoms with E-state index in [-0.39, 0.29) is 24.2 Å². The van der Waals surface area contributed by atoms with Crippen LogP contribution in [0.4, 0.5) is 13.2 Å². The molecule has 0 N–H and O–H groups in total. The van der Waals surface area contributed by atoms with Crippen LogP contribution in [0, 0.1) is 5.92 Å². The molecule has 1 saturated heterocycles. The zero-order valence-corrected chi connectivity index (χ0v) is 13.1. The molecule has 0 spiro atoms. The summed E-state index contributed by atoms with van der Waals surface area (Å²) in [5.41, 5.74) is -0.797. The summed E-state index contributed by atoms with van der Waals surface area (Å²) in [5.74, 6) is 0.322. The fourth-order valence-corrected chi connectivity index (χ4v) is 3.33. The Morgan fingerprint density at radius 1 is 1.33 bits per heavy atom. The lowest BCUT2D eigenvalue weighted by Gasteiger charge is -2.09. The van der Waals surface area contributed by atoms with Crippen LogP contribution in [0.2, 0.25) is 0 Å². The number of ketones is 1. The molecule has 3 atom stereocenters. The van der Waals surface area contributed by atoms with Crippen molar-refractivity contribution in [2.45, 2.75) is 44.1 Å². The Labute approximate surface area is 138 Å². The third-order valence-electron chi connectivity index (χ3n) is 4.51. The lowest BCUT2D eigenvalue weighted by Crippen LogP contribution is -2.12. The van der Waals surface area contributed by atoms with Crippen LogP contribution in [0.5, 0.6) is 5.75 Å². The van der Waals surface area contributed by atoms with Crippen LogP contribution in [-0.4, -0.2) is 24.6 Å². The summed E-state index contributed by atoms with van der Waals surface area (Å²) in [6.45, 7) is -0.294. The first kappa shape index (κ1) is 17.0. The van der Waals surface area contributed by atoms with Crippen molar-refractivity contribution in [1.29, 1.82) is 0 Å². The smallest absolute Gasteiger partial charge is 0.416 e. The Morgan fingerprint density at radius 2 is 2.17 bits per heavy atom. The second-order valence-electron chi connectivity index (χ2n) is 6.28. The van der Waals surface area contributed by atoms with Crippen molar-refractivity contribution in [3.8, 4) is 5.75 Å². The van der Waals surface area contributed by atoms with Crippen molar-refractivity contribution in [3.63, 3.8) is 0 Å². The molecule has 2 aliphatic rings. The Balaban J connectivity index is 1.48. The minimum Gasteiger partial charge on any atom is -0.485 e. The molecule has 1 heterocycles. The molecule has 24 heavy (non-hydrogen) atoms. The van der Waals surface area contributed by atoms with Gasteiger partial charge in [-0.05, 0) is 49.5 Å². The molecule has 3 rings (SSSR count). The third kappa shape index (κ3) is 4.17. The standard InChI is InChI=1S/C18H19F3O3/c19-18(20,21)13-4-2-5-15(10-13)23-11-14(22)7-8-16-9-12-3-1-6-17(12)24-16/h2,4-5,7-8,10,12,16-17H,1,3,6,9,11H2/b8-7+/t12-,16?,17+/m1/s1. The molecule has 1 aliphatic heterocycles. The topological polar surface area (TPSA) is 35.5 Å². The van der Waals surface area contributed by atoms with Gasteiger partial charge in [0.1, 0.15) is 5.75 Å². The first-order valence-electron chi connectivity index (χ1n) is 8.08. The molecule has 1 saturated carbocycles. The van der Waals surface area contributed by atoms with Crippen molar-refractivity contribution < 1.29 is 27.4 Å². The van der Waals surface area contributed by atoms with E-state index in [4.69, 9.17) is 9.47 Å². The third-order valence-corrected chi connectivity index (χ3v) is 4.51. The lowest BCUT2D eigenvalue weighted by molar-refractivity contribution is -0.137. The van der Waals surface area contributed by atoms with E-state index in [0.717, 1.165) is 25.0 Å². The maximum absolute atomic E-state index is 12.6. The van der Waals surface area contributed by atoms with Crippen molar-refractivity contribution in [2.75, 3.05) is 6.61 Å². The molecule has 1 aromatic rings. The van der Waals surface area contributed by atoms with E-state index in [1.165, 1.54) is 31.1 Å². The number of hydrogen-bond acceptors (Lipinski definition) is 3. The van der Waals surface area contributed by atoms with Crippen molar-refractivity contribution in [3.05, 3.63) is 42.0 Å². The van der Waals surface area contributed by atoms with Gasteiger partial charge in [0.25, 0.3) is 0 Å². The van der Waals surface area contributed by atoms with Gasteiger partial charge in [-0.25, -0.2) is 0 Å². The number of ether oxygens (including phenoxy) is 2. The van der Waals surface area contributed by atoms with Gasteiger partial charge in [0, 0.05) is 0 Å². The number of alkyl halides is 3. The highest BCUT2D eigenvalue weighted by Gasteiger charge is 2.37. The zero-order valence-electron chi connectivity index (χ0n) is 13.1. The molecule has 0 aromatic heterocycles. The molecule has 0 radical (unpaired) electrons. The van der Waals surface area contributed by atoms with E-state index in [1.54, 1.807) is 6.08 Å². The first-order chi connectivity index (χ1) is 11.4. The largest absolute Gasteiger partial charge is 0.485 e. The second-order valence-corrected chi connectivity index (χ2v) is 6.28. The van der Waals surface area contributed by atoms with Crippen molar-refractivity contribution in [2.24, 2.45) is 5.92 Å². The summed E-state index contributed by atoms with van der Waals surface area (Å²) in [5, 5.41) is 0. The fourth-order valence-electron chi connectivity index (χ4n) is 3.33. The van der Waals surface area contributed by atoms with Crippen LogP contribution < -0.4 is 4.74 Å². The Kier molecular flexibility index (Phi) is 4.94. The highest BCUT2D eigenvalue weighted by molar-refractivity contribution is 5.91. The maximum Gasteiger partial charge on any atom is 0.416 e. The molecule has 130 valence electrons. The van der Waals surface area contributed by atoms with Gasteiger partial charge in [-0.2, -0.15) is 13.2 Å². The summed E-state index contributed by atoms with van der Waals surface area (Å²) in [4.78, 5) is 11.8. The second kappa shape index (κ2) is 6.97. The van der Waals surface area contributed by atoms with Crippen LogP contribution >= 0.6 is 0 Å². The number of carbonyl (C=O) groups is 1. The van der Waals surface area contributed by atoms with Gasteiger partial charge < -0.3 is 9.47 Å². The number of rotatable bonds is 5. The predicted octanol–water partition coefficient (Wildman–Crippen LogP) is 4.17. The lowest BCUT2D eigenvalue weighted by atomic mass is 10.0. The van der Waals surface area contributed by atoms with E-state index in [2.05, 4.69) is 0 Å². The zero-order chi connectivity index (χ0) is 17.2. The van der Waals surface area contributed by atoms with Crippen LogP contribution in [0.15, 0.2) is 36.4 Å². The summed E-state index contributed by atoms with van der Waals surface area (Å²) < 4.78 is 48.8. The fraction of sp³-hybridized carbons (Fsp3) is 0.500. The molecule has 1 aliphatic carbocycles. The van der Waals surface area contributed by atoms with E-state index in [9.17, 15) is 18.0 Å². The Morgan fingerprint density at radius 3 is 2.92 bits per heavy atom. The van der Waals surface area contributed by atoms with E-state index >= 15 is 0 Å². The van der Waals surface area contributed by atoms with Crippen LogP contribution in [0.1, 0.15) is 31.2 Å². The average Bonchev–Trinajstić information content (AvgIpc) is 3.11. The molecule has 0 amide bonds. The number of hydrogen-bond donors (Lipinski definition) is 0. The summed E-state index contributed by atoms with van der Waals surface area (Å²) in [7, 11) is 0. The average molecular weight is 340 g/mol. The van der Waals surface area contributed by atoms with Gasteiger partial charge in [-0.3, -0.25) is 4.79 Å². The number of fused-ring (bicyclic) bond motifs is 1. The van der Waals surface area contributed by atoms with Gasteiger partial charge in [-0.15, -0.1) is 0 Å². The SMILES string of the molecule is O=C(/C=C/C1C[C@H]2CCC[C@@H]2O1)COc1cccc(C(F)(F)F)c1. The quantitative estimate of drug-likeness (QED) is 0.755. The number of halogens is 3. The van der Waals surface area contributed by atoms with Crippen LogP contribution in [0.3, 0.4) is 0 Å². The van der Waals surface area contributed by atoms with E-state index in [1.807, 2.05) is 0 Å². The molecule has 1 unspecified atom stereocenters. The highest BCUT2D eigenvalue weighted by Crippen LogP contribution is 2.39. The Bertz CT molecular complexity index is 612. The molecule has 2 fully saturated rings. The molecule has 6 heteroatoms. The van der Waals surface area contributed by atoms with Crippen molar-refractivity contribution in [1.82, 2.24) is 0 Å². The first-order valence-corrected chi connectivity index (χ1v) is 8.08. The van der Waals surface area contributed by atoms with E-state index in [0.29, 0.717) is 12.0 Å². The molecular formula is C18H19F3O3. The maximum atomic E-state index is 12.6. The van der Waals surface area contributed by atoms with Crippen LogP contribution in [-0.2, 0) is 15.7 Å². The minimum atomic E-state index is -4.43. The highest BCUT2D eigenvalue weighted by atomic mass is 19.4. The predicted molar refractivity (Wildman–Crippen MR) is 81.7 cm³/mol. The Hall–Kier alpha value is -1.82. The van der Waals surface area contributed by atoms with Gasteiger partial charge >= 0.3 is 6.18 Å².